The second kappa shape index (κ2) is 5.40. The van der Waals surface area contributed by atoms with Crippen molar-refractivity contribution in [3.63, 3.8) is 0 Å². The maximum absolute atomic E-state index is 11.1. The molecule has 2 heterocycles. The van der Waals surface area contributed by atoms with E-state index in [-0.39, 0.29) is 17.4 Å². The van der Waals surface area contributed by atoms with Crippen LogP contribution in [0.3, 0.4) is 0 Å². The van der Waals surface area contributed by atoms with Crippen molar-refractivity contribution in [2.75, 3.05) is 13.1 Å². The second-order valence-electron chi connectivity index (χ2n) is 4.89. The normalized spacial score (nSPS) is 17.5. The molecule has 1 aliphatic heterocycles. The van der Waals surface area contributed by atoms with Crippen LogP contribution in [0.25, 0.3) is 0 Å². The number of nitrogens with zero attached hydrogens (tertiary/aromatic N) is 3. The number of aromatic carboxylic acids is 1. The highest BCUT2D eigenvalue weighted by atomic mass is 16.4. The Labute approximate surface area is 111 Å². The third-order valence-corrected chi connectivity index (χ3v) is 3.66. The summed E-state index contributed by atoms with van der Waals surface area (Å²) in [6, 6.07) is 0. The first-order valence-electron chi connectivity index (χ1n) is 6.25. The van der Waals surface area contributed by atoms with Gasteiger partial charge in [-0.1, -0.05) is 0 Å². The predicted molar refractivity (Wildman–Crippen MR) is 67.4 cm³/mol. The molecule has 104 valence electrons. The van der Waals surface area contributed by atoms with Gasteiger partial charge in [0.05, 0.1) is 11.9 Å². The van der Waals surface area contributed by atoms with E-state index in [1.54, 1.807) is 11.7 Å². The second-order valence-corrected chi connectivity index (χ2v) is 4.89. The lowest BCUT2D eigenvalue weighted by atomic mass is 9.96. The van der Waals surface area contributed by atoms with E-state index in [2.05, 4.69) is 10.00 Å². The van der Waals surface area contributed by atoms with Gasteiger partial charge in [-0.15, -0.1) is 0 Å². The predicted octanol–water partition coefficient (Wildman–Crippen LogP) is -0.184. The zero-order valence-corrected chi connectivity index (χ0v) is 10.9. The van der Waals surface area contributed by atoms with Gasteiger partial charge in [-0.2, -0.15) is 5.10 Å². The van der Waals surface area contributed by atoms with Crippen LogP contribution in [0.2, 0.25) is 0 Å². The Morgan fingerprint density at radius 2 is 2.11 bits per heavy atom. The largest absolute Gasteiger partial charge is 0.478 e. The maximum atomic E-state index is 11.1. The number of hydrogen-bond acceptors (Lipinski definition) is 4. The highest BCUT2D eigenvalue weighted by Gasteiger charge is 2.25. The molecular formula is C12H18N4O3. The number of aromatic nitrogens is 2. The minimum atomic E-state index is -0.963. The van der Waals surface area contributed by atoms with E-state index < -0.39 is 5.97 Å². The summed E-state index contributed by atoms with van der Waals surface area (Å²) in [6.07, 6.45) is 2.83. The summed E-state index contributed by atoms with van der Waals surface area (Å²) < 4.78 is 1.59. The Kier molecular flexibility index (Phi) is 3.84. The van der Waals surface area contributed by atoms with Crippen LogP contribution < -0.4 is 5.73 Å². The van der Waals surface area contributed by atoms with Crippen LogP contribution in [0.1, 0.15) is 28.9 Å². The molecule has 0 bridgehead atoms. The fourth-order valence-electron chi connectivity index (χ4n) is 2.42. The number of nitrogens with two attached hydrogens (primary N) is 1. The smallest absolute Gasteiger partial charge is 0.339 e. The lowest BCUT2D eigenvalue weighted by molar-refractivity contribution is -0.123. The first-order chi connectivity index (χ1) is 8.99. The summed E-state index contributed by atoms with van der Waals surface area (Å²) in [7, 11) is 1.73. The van der Waals surface area contributed by atoms with Crippen molar-refractivity contribution in [3.8, 4) is 0 Å². The summed E-state index contributed by atoms with van der Waals surface area (Å²) in [5, 5.41) is 13.1. The highest BCUT2D eigenvalue weighted by Crippen LogP contribution is 2.19. The molecule has 0 spiro atoms. The molecule has 1 amide bonds. The molecule has 1 fully saturated rings. The number of carbonyl (C=O) groups excluding carboxylic acids is 1. The van der Waals surface area contributed by atoms with Crippen molar-refractivity contribution in [1.29, 1.82) is 0 Å². The summed E-state index contributed by atoms with van der Waals surface area (Å²) in [5.41, 5.74) is 6.21. The molecule has 0 aliphatic carbocycles. The molecule has 3 N–H and O–H groups in total. The van der Waals surface area contributed by atoms with Crippen LogP contribution >= 0.6 is 0 Å². The fraction of sp³-hybridized carbons (Fsp3) is 0.583. The number of rotatable bonds is 4. The molecule has 1 aromatic heterocycles. The van der Waals surface area contributed by atoms with Crippen LogP contribution in [0, 0.1) is 5.92 Å². The average molecular weight is 266 g/mol. The summed E-state index contributed by atoms with van der Waals surface area (Å²) >= 11 is 0. The Morgan fingerprint density at radius 3 is 2.63 bits per heavy atom. The Morgan fingerprint density at radius 1 is 1.47 bits per heavy atom. The van der Waals surface area contributed by atoms with Gasteiger partial charge in [-0.3, -0.25) is 14.4 Å². The number of amides is 1. The van der Waals surface area contributed by atoms with Crippen molar-refractivity contribution < 1.29 is 14.7 Å². The lowest BCUT2D eigenvalue weighted by Crippen LogP contribution is -2.38. The molecule has 7 heteroatoms. The Hall–Kier alpha value is -1.89. The van der Waals surface area contributed by atoms with E-state index in [0.29, 0.717) is 12.2 Å². The van der Waals surface area contributed by atoms with Crippen molar-refractivity contribution in [2.45, 2.75) is 19.4 Å². The molecular weight excluding hydrogens is 248 g/mol. The molecule has 1 saturated heterocycles. The summed E-state index contributed by atoms with van der Waals surface area (Å²) in [4.78, 5) is 24.3. The zero-order chi connectivity index (χ0) is 14.0. The monoisotopic (exact) mass is 266 g/mol. The first kappa shape index (κ1) is 13.5. The average Bonchev–Trinajstić information content (AvgIpc) is 2.72. The van der Waals surface area contributed by atoms with E-state index >= 15 is 0 Å². The SMILES string of the molecule is Cn1ncc(C(=O)O)c1CN1CCC(C(N)=O)CC1. The summed E-state index contributed by atoms with van der Waals surface area (Å²) in [6.45, 7) is 2.03. The zero-order valence-electron chi connectivity index (χ0n) is 10.9. The third kappa shape index (κ3) is 2.93. The summed E-state index contributed by atoms with van der Waals surface area (Å²) in [5.74, 6) is -1.26. The number of likely N-dealkylation sites (tertiary alicyclic amines) is 1. The highest BCUT2D eigenvalue weighted by molar-refractivity contribution is 5.88. The third-order valence-electron chi connectivity index (χ3n) is 3.66. The number of piperidine rings is 1. The molecule has 0 radical (unpaired) electrons. The number of hydrogen-bond donors (Lipinski definition) is 2. The van der Waals surface area contributed by atoms with Crippen LogP contribution in [0.4, 0.5) is 0 Å². The van der Waals surface area contributed by atoms with Crippen LogP contribution in [0.15, 0.2) is 6.20 Å². The molecule has 0 saturated carbocycles. The molecule has 1 aliphatic rings. The van der Waals surface area contributed by atoms with Gasteiger partial charge in [-0.05, 0) is 25.9 Å². The number of primary amides is 1. The van der Waals surface area contributed by atoms with Gasteiger partial charge in [0.1, 0.15) is 5.56 Å². The van der Waals surface area contributed by atoms with E-state index in [0.717, 1.165) is 25.9 Å². The van der Waals surface area contributed by atoms with E-state index in [4.69, 9.17) is 10.8 Å². The molecule has 7 nitrogen and oxygen atoms in total. The van der Waals surface area contributed by atoms with Crippen molar-refractivity contribution >= 4 is 11.9 Å². The maximum Gasteiger partial charge on any atom is 0.339 e. The van der Waals surface area contributed by atoms with Crippen LogP contribution in [-0.4, -0.2) is 44.8 Å². The quantitative estimate of drug-likeness (QED) is 0.787. The van der Waals surface area contributed by atoms with Gasteiger partial charge in [0.2, 0.25) is 5.91 Å². The van der Waals surface area contributed by atoms with Crippen molar-refractivity contribution in [2.24, 2.45) is 18.7 Å². The molecule has 0 atom stereocenters. The van der Waals surface area contributed by atoms with Crippen molar-refractivity contribution in [3.05, 3.63) is 17.5 Å². The van der Waals surface area contributed by atoms with Gasteiger partial charge < -0.3 is 10.8 Å². The number of aryl methyl sites for hydroxylation is 1. The van der Waals surface area contributed by atoms with Gasteiger partial charge >= 0.3 is 5.97 Å². The van der Waals surface area contributed by atoms with Crippen molar-refractivity contribution in [1.82, 2.24) is 14.7 Å². The van der Waals surface area contributed by atoms with E-state index in [1.165, 1.54) is 6.20 Å². The van der Waals surface area contributed by atoms with E-state index in [9.17, 15) is 9.59 Å². The van der Waals surface area contributed by atoms with Gasteiger partial charge in [-0.25, -0.2) is 4.79 Å². The number of carbonyl (C=O) groups is 2. The minimum absolute atomic E-state index is 0.0540. The standard InChI is InChI=1S/C12H18N4O3/c1-15-10(9(6-14-15)12(18)19)7-16-4-2-8(3-5-16)11(13)17/h6,8H,2-5,7H2,1H3,(H2,13,17)(H,18,19). The molecule has 1 aromatic rings. The van der Waals surface area contributed by atoms with E-state index in [1.807, 2.05) is 0 Å². The number of carboxylic acids is 1. The fourth-order valence-corrected chi connectivity index (χ4v) is 2.42. The Bertz CT molecular complexity index is 489. The molecule has 2 rings (SSSR count). The van der Waals surface area contributed by atoms with Gasteiger partial charge in [0.15, 0.2) is 0 Å². The molecule has 0 unspecified atom stereocenters. The molecule has 0 aromatic carbocycles. The Balaban J connectivity index is 2.01. The molecule has 19 heavy (non-hydrogen) atoms. The van der Waals surface area contributed by atoms with Gasteiger partial charge in [0, 0.05) is 19.5 Å². The van der Waals surface area contributed by atoms with Gasteiger partial charge in [0.25, 0.3) is 0 Å². The topological polar surface area (TPSA) is 101 Å². The van der Waals surface area contributed by atoms with Crippen LogP contribution in [-0.2, 0) is 18.4 Å². The number of carboxylic acid groups (broad SMARTS) is 1. The lowest BCUT2D eigenvalue weighted by Gasteiger charge is -2.30. The first-order valence-corrected chi connectivity index (χ1v) is 6.25. The minimum Gasteiger partial charge on any atom is -0.478 e. The van der Waals surface area contributed by atoms with Crippen LogP contribution in [0.5, 0.6) is 0 Å².